The number of anilines is 1. The smallest absolute Gasteiger partial charge is 0.0313 e. The van der Waals surface area contributed by atoms with Gasteiger partial charge in [0.1, 0.15) is 0 Å². The van der Waals surface area contributed by atoms with Gasteiger partial charge in [-0.2, -0.15) is 0 Å². The van der Waals surface area contributed by atoms with Crippen LogP contribution >= 0.6 is 0 Å². The van der Waals surface area contributed by atoms with Crippen LogP contribution in [0.15, 0.2) is 60.7 Å². The minimum atomic E-state index is 0. The molecule has 0 heterocycles. The fourth-order valence-electron chi connectivity index (χ4n) is 0.987. The van der Waals surface area contributed by atoms with Crippen molar-refractivity contribution in [3.63, 3.8) is 0 Å². The SMILES string of the molecule is Cc1ccccc1.Nc1ccccc1.[CH3-].[CH3-].[Y]. The third-order valence-corrected chi connectivity index (χ3v) is 1.74. The largest absolute Gasteiger partial charge is 0.399 e. The molecule has 2 heteroatoms. The monoisotopic (exact) mass is 304 g/mol. The van der Waals surface area contributed by atoms with Crippen LogP contribution in [0.25, 0.3) is 0 Å². The van der Waals surface area contributed by atoms with E-state index in [1.165, 1.54) is 5.56 Å². The van der Waals surface area contributed by atoms with E-state index in [2.05, 4.69) is 19.1 Å². The fraction of sp³-hybridized carbons (Fsp3) is 0.0667. The van der Waals surface area contributed by atoms with E-state index >= 15 is 0 Å². The minimum Gasteiger partial charge on any atom is -0.399 e. The number of aryl methyl sites for hydroxylation is 1. The summed E-state index contributed by atoms with van der Waals surface area (Å²) in [5, 5.41) is 0. The van der Waals surface area contributed by atoms with E-state index in [0.717, 1.165) is 5.69 Å². The van der Waals surface area contributed by atoms with Gasteiger partial charge in [-0.1, -0.05) is 54.1 Å². The van der Waals surface area contributed by atoms with Gasteiger partial charge in [0.25, 0.3) is 0 Å². The van der Waals surface area contributed by atoms with Gasteiger partial charge in [0.15, 0.2) is 0 Å². The van der Waals surface area contributed by atoms with Crippen molar-refractivity contribution < 1.29 is 32.7 Å². The van der Waals surface area contributed by atoms with Crippen LogP contribution in [-0.4, -0.2) is 0 Å². The first-order valence-electron chi connectivity index (χ1n) is 4.61. The Morgan fingerprint density at radius 1 is 0.706 bits per heavy atom. The maximum Gasteiger partial charge on any atom is 0.0313 e. The van der Waals surface area contributed by atoms with Gasteiger partial charge in [0.05, 0.1) is 0 Å². The molecule has 0 saturated heterocycles. The molecule has 0 aliphatic carbocycles. The molecule has 1 radical (unpaired) electrons. The molecule has 91 valence electrons. The molecule has 0 fully saturated rings. The second-order valence-corrected chi connectivity index (χ2v) is 3.07. The first kappa shape index (κ1) is 21.6. The first-order chi connectivity index (χ1) is 6.79. The van der Waals surface area contributed by atoms with Gasteiger partial charge < -0.3 is 20.6 Å². The number of nitrogen functional groups attached to an aromatic ring is 1. The van der Waals surface area contributed by atoms with Crippen molar-refractivity contribution in [3.8, 4) is 0 Å². The summed E-state index contributed by atoms with van der Waals surface area (Å²) in [6, 6.07) is 19.7. The average Bonchev–Trinajstić information content (AvgIpc) is 2.21. The molecular weight excluding hydrogens is 283 g/mol. The normalized spacial score (nSPS) is 7.12. The molecule has 0 bridgehead atoms. The van der Waals surface area contributed by atoms with Crippen molar-refractivity contribution in [2.24, 2.45) is 0 Å². The molecule has 0 atom stereocenters. The van der Waals surface area contributed by atoms with Crippen molar-refractivity contribution in [2.45, 2.75) is 6.92 Å². The molecule has 0 aromatic heterocycles. The van der Waals surface area contributed by atoms with E-state index in [1.54, 1.807) is 0 Å². The molecule has 2 aromatic carbocycles. The molecule has 2 N–H and O–H groups in total. The van der Waals surface area contributed by atoms with E-state index in [4.69, 9.17) is 5.73 Å². The van der Waals surface area contributed by atoms with E-state index in [0.29, 0.717) is 0 Å². The van der Waals surface area contributed by atoms with Crippen LogP contribution in [0.4, 0.5) is 5.69 Å². The van der Waals surface area contributed by atoms with Crippen molar-refractivity contribution >= 4 is 5.69 Å². The molecule has 0 unspecified atom stereocenters. The van der Waals surface area contributed by atoms with Gasteiger partial charge >= 0.3 is 0 Å². The summed E-state index contributed by atoms with van der Waals surface area (Å²) in [6.45, 7) is 2.08. The van der Waals surface area contributed by atoms with Gasteiger partial charge in [0, 0.05) is 38.4 Å². The molecule has 1 nitrogen and oxygen atoms in total. The van der Waals surface area contributed by atoms with Crippen LogP contribution in [0.3, 0.4) is 0 Å². The number of nitrogens with two attached hydrogens (primary N) is 1. The summed E-state index contributed by atoms with van der Waals surface area (Å²) in [5.74, 6) is 0. The second kappa shape index (κ2) is 13.4. The van der Waals surface area contributed by atoms with E-state index in [9.17, 15) is 0 Å². The topological polar surface area (TPSA) is 26.0 Å². The van der Waals surface area contributed by atoms with E-state index in [-0.39, 0.29) is 47.6 Å². The Balaban J connectivity index is -0.000000196. The van der Waals surface area contributed by atoms with Crippen LogP contribution in [-0.2, 0) is 32.7 Å². The Bertz CT molecular complexity index is 308. The third kappa shape index (κ3) is 11.6. The van der Waals surface area contributed by atoms with Crippen LogP contribution in [0.2, 0.25) is 0 Å². The molecule has 2 aromatic rings. The number of hydrogen-bond acceptors (Lipinski definition) is 1. The number of hydrogen-bond donors (Lipinski definition) is 1. The Hall–Kier alpha value is -0.656. The van der Waals surface area contributed by atoms with Crippen LogP contribution in [0.1, 0.15) is 5.56 Å². The van der Waals surface area contributed by atoms with Crippen molar-refractivity contribution in [1.82, 2.24) is 0 Å². The Labute approximate surface area is 131 Å². The predicted molar refractivity (Wildman–Crippen MR) is 74.9 cm³/mol. The maximum absolute atomic E-state index is 5.36. The number of rotatable bonds is 0. The average molecular weight is 304 g/mol. The molecule has 17 heavy (non-hydrogen) atoms. The minimum absolute atomic E-state index is 0. The molecule has 0 spiro atoms. The summed E-state index contributed by atoms with van der Waals surface area (Å²) in [6.07, 6.45) is 0. The van der Waals surface area contributed by atoms with E-state index < -0.39 is 0 Å². The molecule has 0 saturated carbocycles. The Kier molecular flexibility index (Phi) is 17.0. The van der Waals surface area contributed by atoms with Gasteiger partial charge in [0.2, 0.25) is 0 Å². The summed E-state index contributed by atoms with van der Waals surface area (Å²) in [7, 11) is 0. The van der Waals surface area contributed by atoms with Crippen LogP contribution in [0.5, 0.6) is 0 Å². The van der Waals surface area contributed by atoms with Crippen molar-refractivity contribution in [2.75, 3.05) is 5.73 Å². The number of benzene rings is 2. The summed E-state index contributed by atoms with van der Waals surface area (Å²) in [5.41, 5.74) is 7.50. The van der Waals surface area contributed by atoms with Crippen molar-refractivity contribution in [1.29, 1.82) is 0 Å². The second-order valence-electron chi connectivity index (χ2n) is 3.07. The third-order valence-electron chi connectivity index (χ3n) is 1.74. The first-order valence-corrected chi connectivity index (χ1v) is 4.61. The molecule has 0 aliphatic rings. The molecule has 0 amide bonds. The van der Waals surface area contributed by atoms with Crippen molar-refractivity contribution in [3.05, 3.63) is 81.1 Å². The summed E-state index contributed by atoms with van der Waals surface area (Å²) < 4.78 is 0. The van der Waals surface area contributed by atoms with Crippen LogP contribution < -0.4 is 5.73 Å². The van der Waals surface area contributed by atoms with Gasteiger partial charge in [-0.05, 0) is 19.1 Å². The van der Waals surface area contributed by atoms with Crippen LogP contribution in [0, 0.1) is 21.8 Å². The number of para-hydroxylation sites is 1. The quantitative estimate of drug-likeness (QED) is 0.574. The predicted octanol–water partition coefficient (Wildman–Crippen LogP) is 4.16. The summed E-state index contributed by atoms with van der Waals surface area (Å²) in [4.78, 5) is 0. The zero-order valence-corrected chi connectivity index (χ0v) is 13.8. The Morgan fingerprint density at radius 3 is 1.24 bits per heavy atom. The molecular formula is C15H21NY-2. The van der Waals surface area contributed by atoms with Gasteiger partial charge in [-0.25, -0.2) is 0 Å². The summed E-state index contributed by atoms with van der Waals surface area (Å²) >= 11 is 0. The zero-order valence-electron chi connectivity index (χ0n) is 10.9. The molecule has 2 rings (SSSR count). The maximum atomic E-state index is 5.36. The fourth-order valence-corrected chi connectivity index (χ4v) is 0.987. The van der Waals surface area contributed by atoms with Gasteiger partial charge in [-0.3, -0.25) is 0 Å². The molecule has 0 aliphatic heterocycles. The van der Waals surface area contributed by atoms with E-state index in [1.807, 2.05) is 48.5 Å². The standard InChI is InChI=1S/C7H8.C6H7N.2CH3.Y/c1-7-5-3-2-4-6-7;7-6-4-2-1-3-5-6;;;/h2-6H,1H3;1-5H,7H2;2*1H3;/q;;2*-1;. The Morgan fingerprint density at radius 2 is 1.06 bits per heavy atom. The zero-order chi connectivity index (χ0) is 10.2. The van der Waals surface area contributed by atoms with Gasteiger partial charge in [-0.15, -0.1) is 0 Å².